The molecule has 10 heteroatoms. The van der Waals surface area contributed by atoms with Crippen molar-refractivity contribution in [1.29, 1.82) is 0 Å². The van der Waals surface area contributed by atoms with Gasteiger partial charge in [0.2, 0.25) is 0 Å². The van der Waals surface area contributed by atoms with Gasteiger partial charge >= 0.3 is 0 Å². The van der Waals surface area contributed by atoms with Crippen molar-refractivity contribution < 1.29 is 22.1 Å². The van der Waals surface area contributed by atoms with Crippen LogP contribution in [0.25, 0.3) is 10.4 Å². The minimum absolute atomic E-state index is 0.0175. The molecule has 0 bridgehead atoms. The van der Waals surface area contributed by atoms with Crippen LogP contribution in [0.5, 0.6) is 0 Å². The van der Waals surface area contributed by atoms with Crippen molar-refractivity contribution in [2.75, 3.05) is 6.61 Å². The maximum absolute atomic E-state index is 13.5. The fourth-order valence-corrected chi connectivity index (χ4v) is 12.6. The van der Waals surface area contributed by atoms with Gasteiger partial charge in [0.1, 0.15) is 6.10 Å². The molecule has 0 spiro atoms. The van der Waals surface area contributed by atoms with Crippen molar-refractivity contribution in [3.8, 4) is 0 Å². The van der Waals surface area contributed by atoms with Crippen LogP contribution >= 0.6 is 0 Å². The second kappa shape index (κ2) is 21.5. The quantitative estimate of drug-likeness (QED) is 0.0245. The summed E-state index contributed by atoms with van der Waals surface area (Å²) in [6.07, 6.45) is 11.7. The zero-order valence-electron chi connectivity index (χ0n) is 31.5. The molecule has 0 unspecified atom stereocenters. The van der Waals surface area contributed by atoms with Crippen molar-refractivity contribution in [2.24, 2.45) is 5.11 Å². The van der Waals surface area contributed by atoms with Crippen molar-refractivity contribution in [1.82, 2.24) is 0 Å². The van der Waals surface area contributed by atoms with E-state index in [1.807, 2.05) is 43.3 Å². The van der Waals surface area contributed by atoms with Crippen LogP contribution in [0.2, 0.25) is 5.04 Å². The van der Waals surface area contributed by atoms with Gasteiger partial charge in [-0.15, -0.1) is 0 Å². The third-order valence-corrected chi connectivity index (χ3v) is 16.1. The van der Waals surface area contributed by atoms with Gasteiger partial charge in [-0.1, -0.05) is 188 Å². The minimum Gasteiger partial charge on any atom is -0.407 e. The fraction of sp³-hybridized carbons (Fsp3) is 0.561. The van der Waals surface area contributed by atoms with Crippen LogP contribution < -0.4 is 10.4 Å². The predicted octanol–water partition coefficient (Wildman–Crippen LogP) is 9.78. The van der Waals surface area contributed by atoms with E-state index in [0.717, 1.165) is 35.2 Å². The average molecular weight is 736 g/mol. The Balaban J connectivity index is 1.80. The van der Waals surface area contributed by atoms with Gasteiger partial charge in [-0.3, -0.25) is 4.18 Å². The van der Waals surface area contributed by atoms with Crippen LogP contribution in [0, 0.1) is 6.92 Å². The molecular formula is C41H61N3O5SSi. The molecule has 0 amide bonds. The Hall–Kier alpha value is -2.98. The first kappa shape index (κ1) is 42.4. The zero-order chi connectivity index (χ0) is 37.2. The number of aliphatic hydroxyl groups is 1. The molecule has 3 aromatic carbocycles. The molecule has 0 radical (unpaired) electrons. The zero-order valence-corrected chi connectivity index (χ0v) is 33.4. The first-order chi connectivity index (χ1) is 24.5. The van der Waals surface area contributed by atoms with Crippen LogP contribution in [-0.2, 0) is 18.7 Å². The Morgan fingerprint density at radius 2 is 1.24 bits per heavy atom. The summed E-state index contributed by atoms with van der Waals surface area (Å²) in [6.45, 7) is 10.4. The molecular weight excluding hydrogens is 675 g/mol. The maximum Gasteiger partial charge on any atom is 0.297 e. The Morgan fingerprint density at radius 3 is 1.69 bits per heavy atom. The lowest BCUT2D eigenvalue weighted by Gasteiger charge is -2.44. The van der Waals surface area contributed by atoms with E-state index in [1.54, 1.807) is 12.1 Å². The molecule has 1 N–H and O–H groups in total. The predicted molar refractivity (Wildman–Crippen MR) is 211 cm³/mol. The van der Waals surface area contributed by atoms with Crippen LogP contribution in [0.15, 0.2) is 94.9 Å². The SMILES string of the molecule is CCCCCCCCCCCCCC[C@@H](OS(=O)(=O)c1ccc(C)cc1)[C@@H](O)[C@H](CO[Si](c1ccccc1)(c1ccccc1)C(C)(C)C)N=[N+]=[N-]. The Bertz CT molecular complexity index is 1520. The third kappa shape index (κ3) is 12.9. The number of aryl methyl sites for hydroxylation is 1. The normalized spacial score (nSPS) is 14.1. The summed E-state index contributed by atoms with van der Waals surface area (Å²) in [4.78, 5) is 3.09. The van der Waals surface area contributed by atoms with E-state index >= 15 is 0 Å². The van der Waals surface area contributed by atoms with E-state index in [-0.39, 0.29) is 16.5 Å². The van der Waals surface area contributed by atoms with Crippen LogP contribution in [0.4, 0.5) is 0 Å². The molecule has 8 nitrogen and oxygen atoms in total. The summed E-state index contributed by atoms with van der Waals surface area (Å²) in [5, 5.41) is 17.6. The second-order valence-electron chi connectivity index (χ2n) is 14.8. The number of aliphatic hydroxyl groups excluding tert-OH is 1. The summed E-state index contributed by atoms with van der Waals surface area (Å²) in [5.41, 5.74) is 10.6. The van der Waals surface area contributed by atoms with Crippen LogP contribution in [-0.4, -0.2) is 46.7 Å². The highest BCUT2D eigenvalue weighted by Crippen LogP contribution is 2.37. The molecule has 0 aliphatic rings. The molecule has 3 atom stereocenters. The van der Waals surface area contributed by atoms with E-state index in [4.69, 9.17) is 8.61 Å². The number of benzene rings is 3. The summed E-state index contributed by atoms with van der Waals surface area (Å²) < 4.78 is 39.9. The van der Waals surface area contributed by atoms with Crippen molar-refractivity contribution in [3.05, 3.63) is 101 Å². The van der Waals surface area contributed by atoms with Gasteiger partial charge in [0, 0.05) is 11.5 Å². The largest absolute Gasteiger partial charge is 0.407 e. The summed E-state index contributed by atoms with van der Waals surface area (Å²) in [7, 11) is -7.25. The molecule has 0 aliphatic heterocycles. The summed E-state index contributed by atoms with van der Waals surface area (Å²) in [5.74, 6) is 0. The molecule has 0 heterocycles. The van der Waals surface area contributed by atoms with Crippen molar-refractivity contribution >= 4 is 28.8 Å². The van der Waals surface area contributed by atoms with E-state index < -0.39 is 36.7 Å². The molecule has 0 aromatic heterocycles. The monoisotopic (exact) mass is 735 g/mol. The van der Waals surface area contributed by atoms with Crippen LogP contribution in [0.3, 0.4) is 0 Å². The molecule has 0 saturated carbocycles. The number of hydrogen-bond acceptors (Lipinski definition) is 6. The van der Waals surface area contributed by atoms with Crippen molar-refractivity contribution in [3.63, 3.8) is 0 Å². The number of unbranched alkanes of at least 4 members (excludes halogenated alkanes) is 11. The smallest absolute Gasteiger partial charge is 0.297 e. The highest BCUT2D eigenvalue weighted by Gasteiger charge is 2.50. The van der Waals surface area contributed by atoms with Gasteiger partial charge in [-0.05, 0) is 46.4 Å². The molecule has 3 aromatic rings. The second-order valence-corrected chi connectivity index (χ2v) is 20.7. The number of nitrogens with zero attached hydrogens (tertiary/aromatic N) is 3. The Morgan fingerprint density at radius 1 is 0.765 bits per heavy atom. The first-order valence-electron chi connectivity index (χ1n) is 18.9. The number of azide groups is 1. The van der Waals surface area contributed by atoms with E-state index in [2.05, 4.69) is 62.0 Å². The van der Waals surface area contributed by atoms with E-state index in [9.17, 15) is 19.1 Å². The molecule has 280 valence electrons. The topological polar surface area (TPSA) is 122 Å². The lowest BCUT2D eigenvalue weighted by Crippen LogP contribution is -2.67. The first-order valence-corrected chi connectivity index (χ1v) is 22.2. The van der Waals surface area contributed by atoms with Gasteiger partial charge in [0.15, 0.2) is 0 Å². The van der Waals surface area contributed by atoms with Gasteiger partial charge in [-0.25, -0.2) is 0 Å². The highest BCUT2D eigenvalue weighted by atomic mass is 32.2. The molecule has 0 aliphatic carbocycles. The van der Waals surface area contributed by atoms with Crippen molar-refractivity contribution in [2.45, 2.75) is 146 Å². The average Bonchev–Trinajstić information content (AvgIpc) is 3.11. The van der Waals surface area contributed by atoms with Gasteiger partial charge in [0.05, 0.1) is 17.0 Å². The molecule has 0 fully saturated rings. The highest BCUT2D eigenvalue weighted by molar-refractivity contribution is 7.86. The van der Waals surface area contributed by atoms with Gasteiger partial charge in [0.25, 0.3) is 18.4 Å². The lowest BCUT2D eigenvalue weighted by atomic mass is 10.00. The van der Waals surface area contributed by atoms with Gasteiger partial charge in [-0.2, -0.15) is 8.42 Å². The summed E-state index contributed by atoms with van der Waals surface area (Å²) >= 11 is 0. The molecule has 3 rings (SSSR count). The molecule has 0 saturated heterocycles. The van der Waals surface area contributed by atoms with E-state index in [0.29, 0.717) is 12.8 Å². The Labute approximate surface area is 308 Å². The third-order valence-electron chi connectivity index (χ3n) is 9.76. The van der Waals surface area contributed by atoms with Gasteiger partial charge < -0.3 is 9.53 Å². The number of rotatable bonds is 24. The Kier molecular flexibility index (Phi) is 17.9. The van der Waals surface area contributed by atoms with Crippen LogP contribution in [0.1, 0.15) is 117 Å². The minimum atomic E-state index is -4.22. The van der Waals surface area contributed by atoms with E-state index in [1.165, 1.54) is 63.5 Å². The molecule has 51 heavy (non-hydrogen) atoms. The number of hydrogen-bond donors (Lipinski definition) is 1. The maximum atomic E-state index is 13.5. The fourth-order valence-electron chi connectivity index (χ4n) is 6.87. The summed E-state index contributed by atoms with van der Waals surface area (Å²) in [6, 6.07) is 25.5. The lowest BCUT2D eigenvalue weighted by molar-refractivity contribution is 0.00666. The standard InChI is InChI=1S/C41H61N3O5SSi/c1-6-7-8-9-10-11-12-13-14-15-16-23-28-39(49-50(46,47)35-31-29-34(2)30-32-35)40(45)38(43-44-42)33-48-51(41(3,4)5,36-24-19-17-20-25-36)37-26-21-18-22-27-37/h17-22,24-27,29-32,38-40,45H,6-16,23,28,33H2,1-5H3/t38-,39+,40-/m0/s1.